The van der Waals surface area contributed by atoms with Crippen molar-refractivity contribution >= 4 is 5.96 Å². The Kier molecular flexibility index (Phi) is 9.86. The molecule has 0 fully saturated rings. The van der Waals surface area contributed by atoms with Crippen molar-refractivity contribution in [1.82, 2.24) is 10.6 Å². The van der Waals surface area contributed by atoms with Crippen molar-refractivity contribution in [3.05, 3.63) is 59.2 Å². The summed E-state index contributed by atoms with van der Waals surface area (Å²) in [4.78, 5) is 4.32. The Bertz CT molecular complexity index is 778. The summed E-state index contributed by atoms with van der Waals surface area (Å²) in [6.07, 6.45) is 0.854. The second kappa shape index (κ2) is 12.7. The fourth-order valence-corrected chi connectivity index (χ4v) is 2.90. The van der Waals surface area contributed by atoms with Gasteiger partial charge in [-0.1, -0.05) is 30.3 Å². The van der Waals surface area contributed by atoms with E-state index in [1.165, 1.54) is 5.56 Å². The number of ether oxygens (including phenoxy) is 3. The van der Waals surface area contributed by atoms with Crippen LogP contribution in [-0.2, 0) is 17.7 Å². The highest BCUT2D eigenvalue weighted by atomic mass is 16.5. The Labute approximate surface area is 174 Å². The second-order valence-electron chi connectivity index (χ2n) is 6.60. The highest BCUT2D eigenvalue weighted by molar-refractivity contribution is 5.79. The molecule has 158 valence electrons. The number of methoxy groups -OCH3 is 1. The Balaban J connectivity index is 1.88. The third-order valence-electron chi connectivity index (χ3n) is 4.40. The molecule has 0 heterocycles. The molecule has 6 nitrogen and oxygen atoms in total. The summed E-state index contributed by atoms with van der Waals surface area (Å²) in [5.41, 5.74) is 3.43. The molecule has 0 aromatic heterocycles. The molecule has 0 amide bonds. The van der Waals surface area contributed by atoms with Gasteiger partial charge in [-0.05, 0) is 43.5 Å². The number of para-hydroxylation sites is 1. The molecule has 0 spiro atoms. The minimum atomic E-state index is 0.527. The lowest BCUT2D eigenvalue weighted by atomic mass is 10.1. The van der Waals surface area contributed by atoms with Crippen LogP contribution in [0.4, 0.5) is 0 Å². The van der Waals surface area contributed by atoms with Crippen LogP contribution in [-0.4, -0.2) is 46.5 Å². The van der Waals surface area contributed by atoms with Gasteiger partial charge in [-0.15, -0.1) is 0 Å². The molecule has 0 unspecified atom stereocenters. The van der Waals surface area contributed by atoms with E-state index in [4.69, 9.17) is 14.2 Å². The largest absolute Gasteiger partial charge is 0.494 e. The molecule has 6 heteroatoms. The summed E-state index contributed by atoms with van der Waals surface area (Å²) >= 11 is 0. The molecule has 2 aromatic carbocycles. The quantitative estimate of drug-likeness (QED) is 0.345. The summed E-state index contributed by atoms with van der Waals surface area (Å²) < 4.78 is 16.6. The van der Waals surface area contributed by atoms with Gasteiger partial charge in [0.15, 0.2) is 5.96 Å². The van der Waals surface area contributed by atoms with E-state index in [1.54, 1.807) is 14.2 Å². The van der Waals surface area contributed by atoms with Crippen molar-refractivity contribution < 1.29 is 14.2 Å². The predicted octanol–water partition coefficient (Wildman–Crippen LogP) is 3.33. The van der Waals surface area contributed by atoms with Gasteiger partial charge in [0.05, 0.1) is 13.2 Å². The van der Waals surface area contributed by atoms with Crippen LogP contribution in [0.3, 0.4) is 0 Å². The zero-order valence-electron chi connectivity index (χ0n) is 18.0. The van der Waals surface area contributed by atoms with E-state index >= 15 is 0 Å². The van der Waals surface area contributed by atoms with E-state index in [-0.39, 0.29) is 0 Å². The monoisotopic (exact) mass is 399 g/mol. The molecule has 0 aliphatic rings. The number of hydrogen-bond acceptors (Lipinski definition) is 4. The maximum atomic E-state index is 5.86. The number of hydrogen-bond donors (Lipinski definition) is 2. The van der Waals surface area contributed by atoms with Crippen molar-refractivity contribution in [1.29, 1.82) is 0 Å². The fraction of sp³-hybridized carbons (Fsp3) is 0.435. The zero-order chi connectivity index (χ0) is 20.9. The molecule has 0 saturated carbocycles. The molecule has 2 N–H and O–H groups in total. The summed E-state index contributed by atoms with van der Waals surface area (Å²) in [7, 11) is 3.44. The molecule has 0 radical (unpaired) electrons. The van der Waals surface area contributed by atoms with Gasteiger partial charge in [0.2, 0.25) is 0 Å². The molecule has 2 rings (SSSR count). The topological polar surface area (TPSA) is 64.1 Å². The maximum absolute atomic E-state index is 5.86. The Hall–Kier alpha value is -2.73. The number of rotatable bonds is 11. The van der Waals surface area contributed by atoms with Gasteiger partial charge in [-0.3, -0.25) is 4.99 Å². The van der Waals surface area contributed by atoms with Crippen LogP contribution in [0.25, 0.3) is 0 Å². The van der Waals surface area contributed by atoms with E-state index in [0.717, 1.165) is 41.6 Å². The van der Waals surface area contributed by atoms with Gasteiger partial charge in [0.1, 0.15) is 18.1 Å². The first-order valence-electron chi connectivity index (χ1n) is 10.0. The minimum absolute atomic E-state index is 0.527. The van der Waals surface area contributed by atoms with Crippen molar-refractivity contribution in [3.63, 3.8) is 0 Å². The van der Waals surface area contributed by atoms with Crippen LogP contribution >= 0.6 is 0 Å². The normalized spacial score (nSPS) is 11.2. The third-order valence-corrected chi connectivity index (χ3v) is 4.40. The smallest absolute Gasteiger partial charge is 0.191 e. The molecule has 0 aliphatic carbocycles. The molecular weight excluding hydrogens is 366 g/mol. The van der Waals surface area contributed by atoms with Crippen LogP contribution < -0.4 is 20.1 Å². The van der Waals surface area contributed by atoms with Gasteiger partial charge in [-0.2, -0.15) is 0 Å². The van der Waals surface area contributed by atoms with Crippen molar-refractivity contribution in [3.8, 4) is 11.5 Å². The number of guanidine groups is 1. The van der Waals surface area contributed by atoms with Gasteiger partial charge >= 0.3 is 0 Å². The first-order chi connectivity index (χ1) is 14.2. The lowest BCUT2D eigenvalue weighted by Crippen LogP contribution is -2.38. The van der Waals surface area contributed by atoms with E-state index in [2.05, 4.69) is 40.7 Å². The van der Waals surface area contributed by atoms with Gasteiger partial charge in [-0.25, -0.2) is 0 Å². The first-order valence-corrected chi connectivity index (χ1v) is 10.0. The standard InChI is InChI=1S/C23H33N3O3/c1-5-28-21-9-7-6-8-19(21)12-13-25-23(24-3)26-17-20-11-10-18(2)16-22(20)29-15-14-27-4/h6-11,16H,5,12-15,17H2,1-4H3,(H2,24,25,26). The van der Waals surface area contributed by atoms with Gasteiger partial charge in [0, 0.05) is 32.8 Å². The van der Waals surface area contributed by atoms with Crippen LogP contribution in [0.1, 0.15) is 23.6 Å². The van der Waals surface area contributed by atoms with Gasteiger partial charge in [0.25, 0.3) is 0 Å². The number of aliphatic imine (C=N–C) groups is 1. The second-order valence-corrected chi connectivity index (χ2v) is 6.60. The molecule has 0 atom stereocenters. The van der Waals surface area contributed by atoms with Crippen LogP contribution in [0.2, 0.25) is 0 Å². The van der Waals surface area contributed by atoms with E-state index in [1.807, 2.05) is 31.2 Å². The molecule has 2 aromatic rings. The number of nitrogens with zero attached hydrogens (tertiary/aromatic N) is 1. The highest BCUT2D eigenvalue weighted by Crippen LogP contribution is 2.20. The Morgan fingerprint density at radius 2 is 1.79 bits per heavy atom. The summed E-state index contributed by atoms with van der Waals surface area (Å²) in [5, 5.41) is 6.72. The van der Waals surface area contributed by atoms with E-state index in [9.17, 15) is 0 Å². The van der Waals surface area contributed by atoms with Crippen LogP contribution in [0.15, 0.2) is 47.5 Å². The zero-order valence-corrected chi connectivity index (χ0v) is 18.0. The van der Waals surface area contributed by atoms with Crippen LogP contribution in [0, 0.1) is 6.92 Å². The third kappa shape index (κ3) is 7.66. The van der Waals surface area contributed by atoms with Crippen molar-refractivity contribution in [2.45, 2.75) is 26.8 Å². The summed E-state index contributed by atoms with van der Waals surface area (Å²) in [6.45, 7) is 7.19. The average Bonchev–Trinajstić information content (AvgIpc) is 2.73. The Morgan fingerprint density at radius 3 is 2.55 bits per heavy atom. The summed E-state index contributed by atoms with van der Waals surface area (Å²) in [5.74, 6) is 2.57. The predicted molar refractivity (Wildman–Crippen MR) is 118 cm³/mol. The number of nitrogens with one attached hydrogen (secondary N) is 2. The number of aryl methyl sites for hydroxylation is 1. The van der Waals surface area contributed by atoms with Gasteiger partial charge < -0.3 is 24.8 Å². The van der Waals surface area contributed by atoms with Crippen molar-refractivity contribution in [2.24, 2.45) is 4.99 Å². The maximum Gasteiger partial charge on any atom is 0.191 e. The lowest BCUT2D eigenvalue weighted by molar-refractivity contribution is 0.145. The molecule has 29 heavy (non-hydrogen) atoms. The first kappa shape index (κ1) is 22.6. The Morgan fingerprint density at radius 1 is 0.966 bits per heavy atom. The number of benzene rings is 2. The lowest BCUT2D eigenvalue weighted by Gasteiger charge is -2.16. The minimum Gasteiger partial charge on any atom is -0.494 e. The van der Waals surface area contributed by atoms with Crippen LogP contribution in [0.5, 0.6) is 11.5 Å². The molecule has 0 aliphatic heterocycles. The highest BCUT2D eigenvalue weighted by Gasteiger charge is 2.07. The average molecular weight is 400 g/mol. The SMILES string of the molecule is CCOc1ccccc1CCNC(=NC)NCc1ccc(C)cc1OCCOC. The fourth-order valence-electron chi connectivity index (χ4n) is 2.90. The molecular formula is C23H33N3O3. The molecule has 0 bridgehead atoms. The molecule has 0 saturated heterocycles. The summed E-state index contributed by atoms with van der Waals surface area (Å²) in [6, 6.07) is 14.3. The van der Waals surface area contributed by atoms with E-state index in [0.29, 0.717) is 26.4 Å². The van der Waals surface area contributed by atoms with E-state index < -0.39 is 0 Å². The van der Waals surface area contributed by atoms with Crippen molar-refractivity contribution in [2.75, 3.05) is 40.5 Å².